The lowest BCUT2D eigenvalue weighted by Crippen LogP contribution is -2.27. The highest BCUT2D eigenvalue weighted by atomic mass is 32.1. The number of likely N-dealkylation sites (N-methyl/N-ethyl adjacent to an activating group) is 1. The molecule has 0 saturated carbocycles. The van der Waals surface area contributed by atoms with Crippen LogP contribution in [0.4, 0.5) is 5.69 Å². The number of carbonyl (C=O) groups is 1. The van der Waals surface area contributed by atoms with Crippen molar-refractivity contribution in [2.24, 2.45) is 0 Å². The van der Waals surface area contributed by atoms with Gasteiger partial charge in [0.15, 0.2) is 0 Å². The second-order valence-corrected chi connectivity index (χ2v) is 5.46. The van der Waals surface area contributed by atoms with Gasteiger partial charge in [-0.15, -0.1) is 11.3 Å². The van der Waals surface area contributed by atoms with Crippen molar-refractivity contribution in [1.29, 1.82) is 0 Å². The van der Waals surface area contributed by atoms with Crippen molar-refractivity contribution in [3.8, 4) is 0 Å². The summed E-state index contributed by atoms with van der Waals surface area (Å²) in [7, 11) is 1.76. The van der Waals surface area contributed by atoms with Crippen LogP contribution in [0.3, 0.4) is 0 Å². The van der Waals surface area contributed by atoms with Crippen molar-refractivity contribution in [3.63, 3.8) is 0 Å². The summed E-state index contributed by atoms with van der Waals surface area (Å²) in [5.41, 5.74) is 0.812. The number of hydrogen-bond donors (Lipinski definition) is 0. The zero-order valence-corrected chi connectivity index (χ0v) is 11.8. The third-order valence-corrected chi connectivity index (χ3v) is 3.76. The molecular formula is C14H14N2O3S. The molecule has 0 aliphatic heterocycles. The number of nitro benzene ring substituents is 1. The van der Waals surface area contributed by atoms with E-state index in [9.17, 15) is 14.9 Å². The van der Waals surface area contributed by atoms with Crippen LogP contribution in [-0.2, 0) is 17.8 Å². The van der Waals surface area contributed by atoms with E-state index in [4.69, 9.17) is 0 Å². The molecule has 0 atom stereocenters. The molecule has 1 amide bonds. The van der Waals surface area contributed by atoms with Crippen molar-refractivity contribution in [2.45, 2.75) is 13.0 Å². The summed E-state index contributed by atoms with van der Waals surface area (Å²) in [6.45, 7) is 0.587. The molecule has 1 aromatic heterocycles. The maximum absolute atomic E-state index is 12.1. The maximum atomic E-state index is 12.1. The minimum atomic E-state index is -0.450. The molecule has 0 spiro atoms. The molecular weight excluding hydrogens is 276 g/mol. The number of hydrogen-bond acceptors (Lipinski definition) is 4. The summed E-state index contributed by atoms with van der Waals surface area (Å²) in [6.07, 6.45) is 0.250. The van der Waals surface area contributed by atoms with E-state index in [0.29, 0.717) is 6.54 Å². The summed E-state index contributed by atoms with van der Waals surface area (Å²) in [5.74, 6) is -0.00717. The first-order chi connectivity index (χ1) is 9.56. The lowest BCUT2D eigenvalue weighted by Gasteiger charge is -2.16. The molecule has 6 heteroatoms. The quantitative estimate of drug-likeness (QED) is 0.628. The van der Waals surface area contributed by atoms with E-state index in [-0.39, 0.29) is 18.0 Å². The highest BCUT2D eigenvalue weighted by Gasteiger charge is 2.12. The average Bonchev–Trinajstić information content (AvgIpc) is 2.92. The standard InChI is InChI=1S/C14H14N2O3S/c1-15(10-13-3-2-8-20-13)14(17)9-11-4-6-12(7-5-11)16(18)19/h2-8H,9-10H2,1H3. The molecule has 0 unspecified atom stereocenters. The zero-order chi connectivity index (χ0) is 14.5. The van der Waals surface area contributed by atoms with Gasteiger partial charge in [0, 0.05) is 24.1 Å². The summed E-state index contributed by atoms with van der Waals surface area (Å²) in [4.78, 5) is 24.9. The minimum absolute atomic E-state index is 0.00717. The molecule has 2 aromatic rings. The number of non-ortho nitro benzene ring substituents is 1. The van der Waals surface area contributed by atoms with E-state index in [0.717, 1.165) is 10.4 Å². The molecule has 104 valence electrons. The van der Waals surface area contributed by atoms with Crippen molar-refractivity contribution in [2.75, 3.05) is 7.05 Å². The van der Waals surface area contributed by atoms with Gasteiger partial charge in [-0.05, 0) is 17.0 Å². The summed E-state index contributed by atoms with van der Waals surface area (Å²) in [5, 5.41) is 12.5. The molecule has 0 aliphatic rings. The van der Waals surface area contributed by atoms with Gasteiger partial charge in [-0.3, -0.25) is 14.9 Å². The molecule has 0 fully saturated rings. The van der Waals surface area contributed by atoms with Crippen LogP contribution in [0.5, 0.6) is 0 Å². The Bertz CT molecular complexity index is 593. The number of amides is 1. The Kier molecular flexibility index (Phi) is 4.47. The van der Waals surface area contributed by atoms with Gasteiger partial charge in [0.1, 0.15) is 0 Å². The van der Waals surface area contributed by atoms with Crippen molar-refractivity contribution in [3.05, 3.63) is 62.3 Å². The SMILES string of the molecule is CN(Cc1cccs1)C(=O)Cc1ccc([N+](=O)[O-])cc1. The van der Waals surface area contributed by atoms with Gasteiger partial charge in [-0.1, -0.05) is 18.2 Å². The Balaban J connectivity index is 1.95. The normalized spacial score (nSPS) is 10.2. The van der Waals surface area contributed by atoms with Crippen LogP contribution in [0, 0.1) is 10.1 Å². The molecule has 0 N–H and O–H groups in total. The average molecular weight is 290 g/mol. The fraction of sp³-hybridized carbons (Fsp3) is 0.214. The Labute approximate surface area is 120 Å². The first-order valence-electron chi connectivity index (χ1n) is 6.06. The lowest BCUT2D eigenvalue weighted by atomic mass is 10.1. The van der Waals surface area contributed by atoms with Gasteiger partial charge in [0.05, 0.1) is 17.9 Å². The van der Waals surface area contributed by atoms with Crippen LogP contribution < -0.4 is 0 Å². The third-order valence-electron chi connectivity index (χ3n) is 2.90. The first kappa shape index (κ1) is 14.2. The van der Waals surface area contributed by atoms with Gasteiger partial charge in [0.25, 0.3) is 5.69 Å². The summed E-state index contributed by atoms with van der Waals surface area (Å²) in [6, 6.07) is 10.0. The number of rotatable bonds is 5. The number of thiophene rings is 1. The number of carbonyl (C=O) groups excluding carboxylic acids is 1. The predicted octanol–water partition coefficient (Wildman–Crippen LogP) is 2.86. The first-order valence-corrected chi connectivity index (χ1v) is 6.94. The Morgan fingerprint density at radius 2 is 2.00 bits per heavy atom. The number of benzene rings is 1. The van der Waals surface area contributed by atoms with Crippen LogP contribution in [-0.4, -0.2) is 22.8 Å². The Morgan fingerprint density at radius 3 is 2.55 bits per heavy atom. The van der Waals surface area contributed by atoms with Gasteiger partial charge >= 0.3 is 0 Å². The number of nitro groups is 1. The maximum Gasteiger partial charge on any atom is 0.269 e. The van der Waals surface area contributed by atoms with Crippen molar-refractivity contribution >= 4 is 22.9 Å². The smallest absolute Gasteiger partial charge is 0.269 e. The second-order valence-electron chi connectivity index (χ2n) is 4.43. The van der Waals surface area contributed by atoms with Gasteiger partial charge < -0.3 is 4.90 Å². The fourth-order valence-corrected chi connectivity index (χ4v) is 2.53. The van der Waals surface area contributed by atoms with Gasteiger partial charge in [-0.2, -0.15) is 0 Å². The molecule has 5 nitrogen and oxygen atoms in total. The third kappa shape index (κ3) is 3.64. The number of nitrogens with zero attached hydrogens (tertiary/aromatic N) is 2. The molecule has 0 saturated heterocycles. The molecule has 0 radical (unpaired) electrons. The van der Waals surface area contributed by atoms with Crippen LogP contribution in [0.15, 0.2) is 41.8 Å². The van der Waals surface area contributed by atoms with E-state index < -0.39 is 4.92 Å². The van der Waals surface area contributed by atoms with E-state index in [2.05, 4.69) is 0 Å². The van der Waals surface area contributed by atoms with E-state index >= 15 is 0 Å². The minimum Gasteiger partial charge on any atom is -0.340 e. The summed E-state index contributed by atoms with van der Waals surface area (Å²) >= 11 is 1.61. The lowest BCUT2D eigenvalue weighted by molar-refractivity contribution is -0.384. The van der Waals surface area contributed by atoms with Crippen LogP contribution in [0.25, 0.3) is 0 Å². The van der Waals surface area contributed by atoms with Gasteiger partial charge in [-0.25, -0.2) is 0 Å². The molecule has 1 heterocycles. The molecule has 20 heavy (non-hydrogen) atoms. The van der Waals surface area contributed by atoms with Crippen LogP contribution >= 0.6 is 11.3 Å². The molecule has 0 aliphatic carbocycles. The predicted molar refractivity (Wildman–Crippen MR) is 77.6 cm³/mol. The Morgan fingerprint density at radius 1 is 1.30 bits per heavy atom. The second kappa shape index (κ2) is 6.29. The highest BCUT2D eigenvalue weighted by Crippen LogP contribution is 2.14. The van der Waals surface area contributed by atoms with Crippen LogP contribution in [0.1, 0.15) is 10.4 Å². The topological polar surface area (TPSA) is 63.5 Å². The molecule has 2 rings (SSSR count). The van der Waals surface area contributed by atoms with E-state index in [1.54, 1.807) is 35.4 Å². The van der Waals surface area contributed by atoms with E-state index in [1.807, 2.05) is 17.5 Å². The van der Waals surface area contributed by atoms with Crippen molar-refractivity contribution in [1.82, 2.24) is 4.90 Å². The molecule has 1 aromatic carbocycles. The highest BCUT2D eigenvalue weighted by molar-refractivity contribution is 7.09. The largest absolute Gasteiger partial charge is 0.340 e. The zero-order valence-electron chi connectivity index (χ0n) is 11.0. The fourth-order valence-electron chi connectivity index (χ4n) is 1.77. The molecule has 0 bridgehead atoms. The van der Waals surface area contributed by atoms with Crippen LogP contribution in [0.2, 0.25) is 0 Å². The summed E-state index contributed by atoms with van der Waals surface area (Å²) < 4.78 is 0. The van der Waals surface area contributed by atoms with E-state index in [1.165, 1.54) is 12.1 Å². The van der Waals surface area contributed by atoms with Gasteiger partial charge in [0.2, 0.25) is 5.91 Å². The van der Waals surface area contributed by atoms with Crippen molar-refractivity contribution < 1.29 is 9.72 Å². The monoisotopic (exact) mass is 290 g/mol. The Hall–Kier alpha value is -2.21.